The van der Waals surface area contributed by atoms with Gasteiger partial charge in [0.2, 0.25) is 0 Å². The van der Waals surface area contributed by atoms with Gasteiger partial charge in [0.15, 0.2) is 0 Å². The SMILES string of the molecule is CCn1cc(Nc2ncnc3cc(OC)cc(OC[C@H]4CCCN4)c23)cn1. The normalized spacial score (nSPS) is 16.6. The van der Waals surface area contributed by atoms with E-state index in [-0.39, 0.29) is 0 Å². The summed E-state index contributed by atoms with van der Waals surface area (Å²) in [5, 5.41) is 11.9. The topological polar surface area (TPSA) is 86.1 Å². The third-order valence-electron chi connectivity index (χ3n) is 4.73. The highest BCUT2D eigenvalue weighted by atomic mass is 16.5. The summed E-state index contributed by atoms with van der Waals surface area (Å²) in [6.45, 7) is 4.51. The predicted octanol–water partition coefficient (Wildman–Crippen LogP) is 2.73. The lowest BCUT2D eigenvalue weighted by atomic mass is 10.2. The van der Waals surface area contributed by atoms with Crippen molar-refractivity contribution in [3.63, 3.8) is 0 Å². The molecule has 8 nitrogen and oxygen atoms in total. The van der Waals surface area contributed by atoms with Gasteiger partial charge < -0.3 is 20.1 Å². The number of aromatic nitrogens is 4. The van der Waals surface area contributed by atoms with E-state index in [1.807, 2.05) is 29.9 Å². The first kappa shape index (κ1) is 17.5. The van der Waals surface area contributed by atoms with Gasteiger partial charge in [-0.05, 0) is 26.3 Å². The molecule has 2 N–H and O–H groups in total. The van der Waals surface area contributed by atoms with Crippen LogP contribution in [0.5, 0.6) is 11.5 Å². The second kappa shape index (κ2) is 7.79. The molecule has 3 heterocycles. The number of rotatable bonds is 7. The summed E-state index contributed by atoms with van der Waals surface area (Å²) < 4.78 is 13.4. The summed E-state index contributed by atoms with van der Waals surface area (Å²) in [5.41, 5.74) is 1.64. The molecule has 4 rings (SSSR count). The highest BCUT2D eigenvalue weighted by molar-refractivity contribution is 5.96. The fraction of sp³-hybridized carbons (Fsp3) is 0.421. The van der Waals surface area contributed by atoms with Crippen LogP contribution in [-0.4, -0.2) is 46.1 Å². The minimum atomic E-state index is 0.370. The summed E-state index contributed by atoms with van der Waals surface area (Å²) in [5.74, 6) is 2.11. The van der Waals surface area contributed by atoms with Crippen molar-refractivity contribution in [3.05, 3.63) is 30.9 Å². The van der Waals surface area contributed by atoms with E-state index < -0.39 is 0 Å². The summed E-state index contributed by atoms with van der Waals surface area (Å²) in [7, 11) is 1.64. The first-order valence-electron chi connectivity index (χ1n) is 9.25. The van der Waals surface area contributed by atoms with Crippen molar-refractivity contribution in [1.29, 1.82) is 0 Å². The molecule has 1 aliphatic rings. The Morgan fingerprint density at radius 1 is 1.33 bits per heavy atom. The van der Waals surface area contributed by atoms with Gasteiger partial charge >= 0.3 is 0 Å². The van der Waals surface area contributed by atoms with Gasteiger partial charge in [-0.15, -0.1) is 0 Å². The molecule has 27 heavy (non-hydrogen) atoms. The van der Waals surface area contributed by atoms with Crippen LogP contribution in [0, 0.1) is 0 Å². The average Bonchev–Trinajstić information content (AvgIpc) is 3.37. The highest BCUT2D eigenvalue weighted by Gasteiger charge is 2.18. The molecular weight excluding hydrogens is 344 g/mol. The van der Waals surface area contributed by atoms with Crippen LogP contribution in [-0.2, 0) is 6.54 Å². The molecule has 0 aliphatic carbocycles. The fourth-order valence-corrected chi connectivity index (χ4v) is 3.28. The molecule has 142 valence electrons. The van der Waals surface area contributed by atoms with Gasteiger partial charge in [-0.1, -0.05) is 0 Å². The van der Waals surface area contributed by atoms with Crippen LogP contribution in [0.1, 0.15) is 19.8 Å². The summed E-state index contributed by atoms with van der Waals surface area (Å²) in [6.07, 6.45) is 7.57. The van der Waals surface area contributed by atoms with Gasteiger partial charge in [-0.2, -0.15) is 5.10 Å². The Labute approximate surface area is 157 Å². The van der Waals surface area contributed by atoms with Crippen molar-refractivity contribution in [3.8, 4) is 11.5 Å². The number of methoxy groups -OCH3 is 1. The number of benzene rings is 1. The molecule has 1 aliphatic heterocycles. The summed E-state index contributed by atoms with van der Waals surface area (Å²) in [6, 6.07) is 4.15. The number of aryl methyl sites for hydroxylation is 1. The summed E-state index contributed by atoms with van der Waals surface area (Å²) in [4.78, 5) is 8.84. The molecule has 0 saturated carbocycles. The van der Waals surface area contributed by atoms with E-state index in [4.69, 9.17) is 9.47 Å². The molecule has 3 aromatic rings. The molecule has 0 spiro atoms. The van der Waals surface area contributed by atoms with E-state index in [9.17, 15) is 0 Å². The van der Waals surface area contributed by atoms with Gasteiger partial charge in [0, 0.05) is 30.9 Å². The van der Waals surface area contributed by atoms with E-state index in [1.54, 1.807) is 13.3 Å². The maximum atomic E-state index is 6.17. The molecule has 1 fully saturated rings. The molecule has 2 aromatic heterocycles. The minimum absolute atomic E-state index is 0.370. The fourth-order valence-electron chi connectivity index (χ4n) is 3.28. The van der Waals surface area contributed by atoms with Crippen molar-refractivity contribution < 1.29 is 9.47 Å². The van der Waals surface area contributed by atoms with Crippen LogP contribution >= 0.6 is 0 Å². The lowest BCUT2D eigenvalue weighted by Gasteiger charge is -2.16. The zero-order chi connectivity index (χ0) is 18.6. The number of hydrogen-bond acceptors (Lipinski definition) is 7. The first-order chi connectivity index (χ1) is 13.3. The number of ether oxygens (including phenoxy) is 2. The van der Waals surface area contributed by atoms with E-state index >= 15 is 0 Å². The third-order valence-corrected chi connectivity index (χ3v) is 4.73. The van der Waals surface area contributed by atoms with Crippen LogP contribution < -0.4 is 20.1 Å². The van der Waals surface area contributed by atoms with Gasteiger partial charge in [-0.25, -0.2) is 9.97 Å². The molecule has 1 atom stereocenters. The van der Waals surface area contributed by atoms with Crippen molar-refractivity contribution in [2.24, 2.45) is 0 Å². The van der Waals surface area contributed by atoms with Crippen LogP contribution in [0.4, 0.5) is 11.5 Å². The number of hydrogen-bond donors (Lipinski definition) is 2. The Balaban J connectivity index is 1.69. The van der Waals surface area contributed by atoms with Crippen LogP contribution in [0.3, 0.4) is 0 Å². The molecule has 0 radical (unpaired) electrons. The van der Waals surface area contributed by atoms with Crippen LogP contribution in [0.2, 0.25) is 0 Å². The molecule has 1 saturated heterocycles. The van der Waals surface area contributed by atoms with Gasteiger partial charge in [0.05, 0.1) is 29.9 Å². The van der Waals surface area contributed by atoms with Gasteiger partial charge in [0.1, 0.15) is 30.3 Å². The second-order valence-corrected chi connectivity index (χ2v) is 6.56. The minimum Gasteiger partial charge on any atom is -0.497 e. The highest BCUT2D eigenvalue weighted by Crippen LogP contribution is 2.35. The number of anilines is 2. The number of nitrogens with one attached hydrogen (secondary N) is 2. The Kier molecular flexibility index (Phi) is 5.06. The van der Waals surface area contributed by atoms with E-state index in [1.165, 1.54) is 12.7 Å². The van der Waals surface area contributed by atoms with Crippen molar-refractivity contribution in [1.82, 2.24) is 25.1 Å². The summed E-state index contributed by atoms with van der Waals surface area (Å²) >= 11 is 0. The lowest BCUT2D eigenvalue weighted by molar-refractivity contribution is 0.279. The average molecular weight is 368 g/mol. The zero-order valence-corrected chi connectivity index (χ0v) is 15.6. The largest absolute Gasteiger partial charge is 0.497 e. The quantitative estimate of drug-likeness (QED) is 0.663. The Bertz CT molecular complexity index is 920. The third kappa shape index (κ3) is 3.80. The van der Waals surface area contributed by atoms with Gasteiger partial charge in [0.25, 0.3) is 0 Å². The monoisotopic (exact) mass is 368 g/mol. The Morgan fingerprint density at radius 2 is 2.26 bits per heavy atom. The lowest BCUT2D eigenvalue weighted by Crippen LogP contribution is -2.28. The van der Waals surface area contributed by atoms with Crippen LogP contribution in [0.25, 0.3) is 10.9 Å². The van der Waals surface area contributed by atoms with E-state index in [2.05, 4.69) is 25.7 Å². The molecule has 0 bridgehead atoms. The molecule has 8 heteroatoms. The number of fused-ring (bicyclic) bond motifs is 1. The second-order valence-electron chi connectivity index (χ2n) is 6.56. The van der Waals surface area contributed by atoms with Crippen molar-refractivity contribution in [2.45, 2.75) is 32.4 Å². The number of nitrogens with zero attached hydrogens (tertiary/aromatic N) is 4. The van der Waals surface area contributed by atoms with E-state index in [0.717, 1.165) is 36.1 Å². The zero-order valence-electron chi connectivity index (χ0n) is 15.6. The smallest absolute Gasteiger partial charge is 0.145 e. The van der Waals surface area contributed by atoms with Crippen molar-refractivity contribution in [2.75, 3.05) is 25.6 Å². The Hall–Kier alpha value is -2.87. The standard InChI is InChI=1S/C19H24N6O2/c1-3-25-10-14(9-23-25)24-19-18-16(21-12-22-19)7-15(26-2)8-17(18)27-11-13-5-4-6-20-13/h7-10,12-13,20H,3-6,11H2,1-2H3,(H,21,22,24)/t13-/m1/s1. The van der Waals surface area contributed by atoms with Crippen molar-refractivity contribution >= 4 is 22.4 Å². The maximum absolute atomic E-state index is 6.17. The molecular formula is C19H24N6O2. The first-order valence-corrected chi connectivity index (χ1v) is 9.25. The van der Waals surface area contributed by atoms with Gasteiger partial charge in [-0.3, -0.25) is 4.68 Å². The predicted molar refractivity (Wildman–Crippen MR) is 104 cm³/mol. The van der Waals surface area contributed by atoms with E-state index in [0.29, 0.717) is 30.0 Å². The maximum Gasteiger partial charge on any atom is 0.145 e. The molecule has 1 aromatic carbocycles. The molecule has 0 unspecified atom stereocenters. The van der Waals surface area contributed by atoms with Crippen LogP contribution in [0.15, 0.2) is 30.9 Å². The Morgan fingerprint density at radius 3 is 3.00 bits per heavy atom. The molecule has 0 amide bonds.